The van der Waals surface area contributed by atoms with E-state index < -0.39 is 0 Å². The van der Waals surface area contributed by atoms with Crippen LogP contribution in [-0.4, -0.2) is 50.1 Å². The van der Waals surface area contributed by atoms with Crippen molar-refractivity contribution in [3.63, 3.8) is 0 Å². The lowest BCUT2D eigenvalue weighted by Gasteiger charge is -2.36. The number of fused-ring (bicyclic) bond motifs is 1. The van der Waals surface area contributed by atoms with Gasteiger partial charge in [0.1, 0.15) is 12.4 Å². The third-order valence-corrected chi connectivity index (χ3v) is 5.86. The number of piperazine rings is 1. The van der Waals surface area contributed by atoms with Crippen LogP contribution in [0.1, 0.15) is 12.5 Å². The van der Waals surface area contributed by atoms with E-state index in [0.717, 1.165) is 55.4 Å². The molecule has 2 aliphatic rings. The summed E-state index contributed by atoms with van der Waals surface area (Å²) in [5.41, 5.74) is 2.89. The molecule has 0 radical (unpaired) electrons. The fourth-order valence-corrected chi connectivity index (χ4v) is 4.09. The second kappa shape index (κ2) is 8.41. The van der Waals surface area contributed by atoms with Gasteiger partial charge in [0.2, 0.25) is 5.91 Å². The van der Waals surface area contributed by atoms with Gasteiger partial charge in [0.05, 0.1) is 17.3 Å². The molecular weight excluding hydrogens is 374 g/mol. The molecule has 1 N–H and O–H groups in total. The van der Waals surface area contributed by atoms with Crippen molar-refractivity contribution in [1.82, 2.24) is 4.90 Å². The van der Waals surface area contributed by atoms with E-state index in [4.69, 9.17) is 16.3 Å². The highest BCUT2D eigenvalue weighted by Crippen LogP contribution is 2.32. The first-order valence-electron chi connectivity index (χ1n) is 9.92. The van der Waals surface area contributed by atoms with E-state index in [1.807, 2.05) is 42.5 Å². The van der Waals surface area contributed by atoms with Gasteiger partial charge in [-0.1, -0.05) is 36.7 Å². The molecule has 1 amide bonds. The SMILES string of the molecule is CCN1CCN(c2ccc(Cl)cc2NC(=O)[C@@H]2COc3ccccc3C2)CC1. The number of nitrogens with one attached hydrogen (secondary N) is 1. The molecule has 1 atom stereocenters. The maximum atomic E-state index is 13.0. The predicted molar refractivity (Wildman–Crippen MR) is 114 cm³/mol. The smallest absolute Gasteiger partial charge is 0.231 e. The number of nitrogens with zero attached hydrogens (tertiary/aromatic N) is 2. The molecule has 0 saturated carbocycles. The monoisotopic (exact) mass is 399 g/mol. The van der Waals surface area contributed by atoms with Gasteiger partial charge in [0, 0.05) is 31.2 Å². The van der Waals surface area contributed by atoms with Crippen LogP contribution in [0.5, 0.6) is 5.75 Å². The molecule has 148 valence electrons. The number of halogens is 1. The highest BCUT2D eigenvalue weighted by Gasteiger charge is 2.27. The van der Waals surface area contributed by atoms with Crippen molar-refractivity contribution in [2.45, 2.75) is 13.3 Å². The number of hydrogen-bond donors (Lipinski definition) is 1. The number of amides is 1. The second-order valence-electron chi connectivity index (χ2n) is 7.39. The van der Waals surface area contributed by atoms with Crippen LogP contribution in [0, 0.1) is 5.92 Å². The molecule has 0 spiro atoms. The zero-order valence-electron chi connectivity index (χ0n) is 16.2. The van der Waals surface area contributed by atoms with Crippen LogP contribution in [-0.2, 0) is 11.2 Å². The molecule has 0 bridgehead atoms. The van der Waals surface area contributed by atoms with Crippen molar-refractivity contribution in [2.75, 3.05) is 49.5 Å². The second-order valence-corrected chi connectivity index (χ2v) is 7.83. The number of rotatable bonds is 4. The van der Waals surface area contributed by atoms with Gasteiger partial charge in [-0.15, -0.1) is 0 Å². The van der Waals surface area contributed by atoms with Gasteiger partial charge in [0.15, 0.2) is 0 Å². The number of anilines is 2. The van der Waals surface area contributed by atoms with E-state index in [1.165, 1.54) is 0 Å². The Hall–Kier alpha value is -2.24. The lowest BCUT2D eigenvalue weighted by molar-refractivity contribution is -0.121. The summed E-state index contributed by atoms with van der Waals surface area (Å²) < 4.78 is 5.79. The Morgan fingerprint density at radius 3 is 2.75 bits per heavy atom. The van der Waals surface area contributed by atoms with Crippen molar-refractivity contribution >= 4 is 28.9 Å². The lowest BCUT2D eigenvalue weighted by Crippen LogP contribution is -2.46. The highest BCUT2D eigenvalue weighted by atomic mass is 35.5. The summed E-state index contributed by atoms with van der Waals surface area (Å²) >= 11 is 6.23. The summed E-state index contributed by atoms with van der Waals surface area (Å²) in [7, 11) is 0. The van der Waals surface area contributed by atoms with E-state index in [9.17, 15) is 4.79 Å². The van der Waals surface area contributed by atoms with Crippen molar-refractivity contribution in [3.05, 3.63) is 53.1 Å². The van der Waals surface area contributed by atoms with E-state index >= 15 is 0 Å². The molecule has 2 heterocycles. The molecule has 2 aromatic carbocycles. The van der Waals surface area contributed by atoms with Gasteiger partial charge >= 0.3 is 0 Å². The third kappa shape index (κ3) is 4.10. The molecule has 1 fully saturated rings. The zero-order valence-corrected chi connectivity index (χ0v) is 16.9. The Morgan fingerprint density at radius 2 is 1.96 bits per heavy atom. The van der Waals surface area contributed by atoms with Crippen molar-refractivity contribution < 1.29 is 9.53 Å². The van der Waals surface area contributed by atoms with Gasteiger partial charge in [-0.3, -0.25) is 4.79 Å². The molecule has 1 saturated heterocycles. The van der Waals surface area contributed by atoms with Crippen LogP contribution in [0.3, 0.4) is 0 Å². The standard InChI is InChI=1S/C22H26ClN3O2/c1-2-25-9-11-26(12-10-25)20-8-7-18(23)14-19(20)24-22(27)17-13-16-5-3-4-6-21(16)28-15-17/h3-8,14,17H,2,9-13,15H2,1H3,(H,24,27)/t17-/m0/s1. The highest BCUT2D eigenvalue weighted by molar-refractivity contribution is 6.31. The van der Waals surface area contributed by atoms with Gasteiger partial charge in [-0.05, 0) is 42.8 Å². The molecular formula is C22H26ClN3O2. The normalized spacial score (nSPS) is 19.6. The summed E-state index contributed by atoms with van der Waals surface area (Å²) in [4.78, 5) is 17.7. The summed E-state index contributed by atoms with van der Waals surface area (Å²) in [5.74, 6) is 0.646. The van der Waals surface area contributed by atoms with E-state index in [2.05, 4.69) is 22.0 Å². The first-order chi connectivity index (χ1) is 13.6. The Kier molecular flexibility index (Phi) is 5.74. The topological polar surface area (TPSA) is 44.8 Å². The summed E-state index contributed by atoms with van der Waals surface area (Å²) in [6.07, 6.45) is 0.688. The molecule has 2 aliphatic heterocycles. The van der Waals surface area contributed by atoms with Gasteiger partial charge in [-0.2, -0.15) is 0 Å². The van der Waals surface area contributed by atoms with E-state index in [1.54, 1.807) is 0 Å². The fraction of sp³-hybridized carbons (Fsp3) is 0.409. The van der Waals surface area contributed by atoms with E-state index in [0.29, 0.717) is 18.1 Å². The molecule has 0 unspecified atom stereocenters. The quantitative estimate of drug-likeness (QED) is 0.851. The number of likely N-dealkylation sites (N-methyl/N-ethyl adjacent to an activating group) is 1. The Balaban J connectivity index is 1.48. The summed E-state index contributed by atoms with van der Waals surface area (Å²) in [5, 5.41) is 3.74. The molecule has 0 aromatic heterocycles. The van der Waals surface area contributed by atoms with Crippen LogP contribution in [0.25, 0.3) is 0 Å². The maximum Gasteiger partial charge on any atom is 0.231 e. The van der Waals surface area contributed by atoms with Gasteiger partial charge < -0.3 is 19.9 Å². The maximum absolute atomic E-state index is 13.0. The van der Waals surface area contributed by atoms with Gasteiger partial charge in [0.25, 0.3) is 0 Å². The Morgan fingerprint density at radius 1 is 1.18 bits per heavy atom. The molecule has 0 aliphatic carbocycles. The Labute approximate surface area is 171 Å². The lowest BCUT2D eigenvalue weighted by atomic mass is 9.96. The zero-order chi connectivity index (χ0) is 19.5. The fourth-order valence-electron chi connectivity index (χ4n) is 3.92. The largest absolute Gasteiger partial charge is 0.492 e. The van der Waals surface area contributed by atoms with Crippen LogP contribution in [0.15, 0.2) is 42.5 Å². The number of para-hydroxylation sites is 1. The average molecular weight is 400 g/mol. The minimum atomic E-state index is -0.210. The summed E-state index contributed by atoms with van der Waals surface area (Å²) in [6, 6.07) is 13.6. The number of carbonyl (C=O) groups is 1. The number of ether oxygens (including phenoxy) is 1. The molecule has 2 aromatic rings. The molecule has 5 nitrogen and oxygen atoms in total. The molecule has 28 heavy (non-hydrogen) atoms. The third-order valence-electron chi connectivity index (χ3n) is 5.63. The van der Waals surface area contributed by atoms with Crippen molar-refractivity contribution in [3.8, 4) is 5.75 Å². The molecule has 6 heteroatoms. The van der Waals surface area contributed by atoms with Crippen molar-refractivity contribution in [2.24, 2.45) is 5.92 Å². The van der Waals surface area contributed by atoms with Crippen molar-refractivity contribution in [1.29, 1.82) is 0 Å². The predicted octanol–water partition coefficient (Wildman–Crippen LogP) is 3.67. The number of hydrogen-bond acceptors (Lipinski definition) is 4. The summed E-state index contributed by atoms with van der Waals surface area (Å²) in [6.45, 7) is 7.60. The number of carbonyl (C=O) groups excluding carboxylic acids is 1. The first-order valence-corrected chi connectivity index (χ1v) is 10.3. The average Bonchev–Trinajstić information content (AvgIpc) is 2.73. The minimum Gasteiger partial charge on any atom is -0.492 e. The van der Waals surface area contributed by atoms with E-state index in [-0.39, 0.29) is 11.8 Å². The Bertz CT molecular complexity index is 849. The minimum absolute atomic E-state index is 0.0230. The van der Waals surface area contributed by atoms with Crippen LogP contribution in [0.2, 0.25) is 5.02 Å². The van der Waals surface area contributed by atoms with Crippen LogP contribution in [0.4, 0.5) is 11.4 Å². The first kappa shape index (κ1) is 19.1. The molecule has 4 rings (SSSR count). The van der Waals surface area contributed by atoms with Crippen LogP contribution < -0.4 is 15.0 Å². The van der Waals surface area contributed by atoms with Gasteiger partial charge in [-0.25, -0.2) is 0 Å². The number of benzene rings is 2. The van der Waals surface area contributed by atoms with Crippen LogP contribution >= 0.6 is 11.6 Å².